The molecule has 0 aromatic carbocycles. The smallest absolute Gasteiger partial charge is 0.410 e. The lowest BCUT2D eigenvalue weighted by atomic mass is 9.75. The molecule has 3 fully saturated rings. The molecule has 3 saturated heterocycles. The van der Waals surface area contributed by atoms with E-state index in [2.05, 4.69) is 9.97 Å². The van der Waals surface area contributed by atoms with Crippen LogP contribution in [-0.4, -0.2) is 135 Å². The first-order valence-electron chi connectivity index (χ1n) is 20.8. The number of likely N-dealkylation sites (N-methyl/N-ethyl adjacent to an activating group) is 1. The first-order valence-corrected chi connectivity index (χ1v) is 20.8. The summed E-state index contributed by atoms with van der Waals surface area (Å²) in [6, 6.07) is 2.92. The standard InChI is InChI=1S/C43H65N5O10/c1-12-33-38-34(48(42(53)57-38)18-14-13-17-47-22-31(45-23-47)30-16-15-25(3)44-21-30)27(5)35(49)24(2)20-43(8,54-11)39(28(6)36(50)29(7)40(52)56-33)58-41-37(51)32(46(9)10)19-26(4)55-41/h15-16,21-24,26-29,32-34,37-39,41,51H,12-14,17-20H2,1-11H3/t24-,26-,27+,28+,29-,32+,33+,34+,37-,38-,39-,41?,43+/m1/s1. The molecular formula is C43H65N5O10. The Bertz CT molecular complexity index is 1740. The molecule has 5 rings (SSSR count). The average Bonchev–Trinajstić information content (AvgIpc) is 3.80. The van der Waals surface area contributed by atoms with Gasteiger partial charge in [0.25, 0.3) is 0 Å². The topological polar surface area (TPSA) is 172 Å². The van der Waals surface area contributed by atoms with Gasteiger partial charge in [-0.05, 0) is 86.0 Å². The number of ether oxygens (including phenoxy) is 5. The third-order valence-corrected chi connectivity index (χ3v) is 12.6. The van der Waals surface area contributed by atoms with Crippen molar-refractivity contribution >= 4 is 23.6 Å². The third kappa shape index (κ3) is 9.81. The number of fused-ring (bicyclic) bond motifs is 1. The highest BCUT2D eigenvalue weighted by molar-refractivity contribution is 6.00. The Kier molecular flexibility index (Phi) is 14.9. The van der Waals surface area contributed by atoms with Crippen LogP contribution in [0.25, 0.3) is 11.3 Å². The predicted molar refractivity (Wildman–Crippen MR) is 214 cm³/mol. The number of Topliss-reactive ketones (excluding diaryl/α,β-unsaturated/α-hetero) is 2. The molecule has 58 heavy (non-hydrogen) atoms. The van der Waals surface area contributed by atoms with Gasteiger partial charge in [-0.3, -0.25) is 19.4 Å². The summed E-state index contributed by atoms with van der Waals surface area (Å²) in [6.07, 6.45) is 1.98. The van der Waals surface area contributed by atoms with Gasteiger partial charge < -0.3 is 43.2 Å². The Morgan fingerprint density at radius 1 is 0.983 bits per heavy atom. The number of ketones is 2. The predicted octanol–water partition coefficient (Wildman–Crippen LogP) is 4.85. The second kappa shape index (κ2) is 19.1. The fraction of sp³-hybridized carbons (Fsp3) is 0.721. The van der Waals surface area contributed by atoms with Gasteiger partial charge in [-0.15, -0.1) is 0 Å². The van der Waals surface area contributed by atoms with E-state index in [1.54, 1.807) is 38.2 Å². The molecule has 13 atom stereocenters. The number of carbonyl (C=O) groups excluding carboxylic acids is 4. The molecule has 3 aliphatic rings. The van der Waals surface area contributed by atoms with E-state index in [1.165, 1.54) is 14.0 Å². The van der Waals surface area contributed by atoms with Crippen molar-refractivity contribution in [3.63, 3.8) is 0 Å². The number of nitrogens with zero attached hydrogens (tertiary/aromatic N) is 5. The fourth-order valence-electron chi connectivity index (χ4n) is 9.00. The Morgan fingerprint density at radius 2 is 1.69 bits per heavy atom. The van der Waals surface area contributed by atoms with Crippen LogP contribution in [0.2, 0.25) is 0 Å². The lowest BCUT2D eigenvalue weighted by Crippen LogP contribution is -2.59. The summed E-state index contributed by atoms with van der Waals surface area (Å²) in [5.41, 5.74) is 1.42. The zero-order chi connectivity index (χ0) is 42.6. The Balaban J connectivity index is 1.40. The molecule has 15 heteroatoms. The maximum Gasteiger partial charge on any atom is 0.410 e. The number of cyclic esters (lactones) is 1. The number of rotatable bonds is 11. The molecular weight excluding hydrogens is 746 g/mol. The molecule has 0 spiro atoms. The van der Waals surface area contributed by atoms with Crippen LogP contribution < -0.4 is 0 Å². The molecule has 2 aromatic heterocycles. The van der Waals surface area contributed by atoms with Crippen LogP contribution in [0.5, 0.6) is 0 Å². The van der Waals surface area contributed by atoms with E-state index in [1.807, 2.05) is 69.6 Å². The maximum atomic E-state index is 14.6. The number of methoxy groups -OCH3 is 1. The molecule has 1 amide bonds. The molecule has 5 heterocycles. The number of esters is 1. The Labute approximate surface area is 343 Å². The van der Waals surface area contributed by atoms with Gasteiger partial charge in [0.05, 0.1) is 35.9 Å². The van der Waals surface area contributed by atoms with Gasteiger partial charge in [-0.1, -0.05) is 27.7 Å². The number of amides is 1. The molecule has 0 radical (unpaired) electrons. The number of aromatic nitrogens is 3. The molecule has 2 aromatic rings. The van der Waals surface area contributed by atoms with Crippen LogP contribution in [0.15, 0.2) is 30.9 Å². The third-order valence-electron chi connectivity index (χ3n) is 12.6. The lowest BCUT2D eigenvalue weighted by molar-refractivity contribution is -0.295. The summed E-state index contributed by atoms with van der Waals surface area (Å²) in [5.74, 6) is -4.86. The molecule has 0 aliphatic carbocycles. The summed E-state index contributed by atoms with van der Waals surface area (Å²) in [4.78, 5) is 68.7. The van der Waals surface area contributed by atoms with Crippen molar-refractivity contribution in [3.8, 4) is 11.3 Å². The van der Waals surface area contributed by atoms with E-state index in [0.29, 0.717) is 32.4 Å². The van der Waals surface area contributed by atoms with Crippen molar-refractivity contribution in [2.24, 2.45) is 23.7 Å². The van der Waals surface area contributed by atoms with E-state index in [4.69, 9.17) is 23.7 Å². The van der Waals surface area contributed by atoms with Crippen LogP contribution in [0.3, 0.4) is 0 Å². The maximum absolute atomic E-state index is 14.6. The van der Waals surface area contributed by atoms with Crippen molar-refractivity contribution in [2.75, 3.05) is 27.7 Å². The second-order valence-electron chi connectivity index (χ2n) is 17.2. The number of aliphatic hydroxyl groups excluding tert-OH is 1. The Hall–Kier alpha value is -3.76. The minimum absolute atomic E-state index is 0.137. The van der Waals surface area contributed by atoms with E-state index in [-0.39, 0.29) is 30.8 Å². The van der Waals surface area contributed by atoms with Crippen molar-refractivity contribution in [1.29, 1.82) is 0 Å². The van der Waals surface area contributed by atoms with Crippen LogP contribution in [0.4, 0.5) is 4.79 Å². The molecule has 1 N–H and O–H groups in total. The molecule has 0 saturated carbocycles. The van der Waals surface area contributed by atoms with Gasteiger partial charge in [0.15, 0.2) is 18.2 Å². The van der Waals surface area contributed by atoms with Gasteiger partial charge in [-0.25, -0.2) is 9.78 Å². The van der Waals surface area contributed by atoms with Gasteiger partial charge >= 0.3 is 12.1 Å². The number of aryl methyl sites for hydroxylation is 2. The molecule has 1 unspecified atom stereocenters. The van der Waals surface area contributed by atoms with Gasteiger partial charge in [0, 0.05) is 67.6 Å². The van der Waals surface area contributed by atoms with E-state index in [9.17, 15) is 24.3 Å². The summed E-state index contributed by atoms with van der Waals surface area (Å²) in [6.45, 7) is 15.2. The normalized spacial score (nSPS) is 35.4. The van der Waals surface area contributed by atoms with Crippen LogP contribution in [0, 0.1) is 30.6 Å². The molecule has 0 bridgehead atoms. The number of hydrogen-bond donors (Lipinski definition) is 1. The number of unbranched alkanes of at least 4 members (excludes halogenated alkanes) is 1. The Morgan fingerprint density at radius 3 is 2.33 bits per heavy atom. The van der Waals surface area contributed by atoms with Crippen LogP contribution in [0.1, 0.15) is 86.3 Å². The van der Waals surface area contributed by atoms with Crippen molar-refractivity contribution in [3.05, 3.63) is 36.5 Å². The first kappa shape index (κ1) is 45.3. The molecule has 3 aliphatic heterocycles. The highest BCUT2D eigenvalue weighted by Gasteiger charge is 2.54. The largest absolute Gasteiger partial charge is 0.458 e. The number of imidazole rings is 1. The molecule has 15 nitrogen and oxygen atoms in total. The molecule has 322 valence electrons. The number of hydrogen-bond acceptors (Lipinski definition) is 13. The van der Waals surface area contributed by atoms with E-state index < -0.39 is 83.9 Å². The van der Waals surface area contributed by atoms with Crippen molar-refractivity contribution in [1.82, 2.24) is 24.3 Å². The van der Waals surface area contributed by atoms with Crippen molar-refractivity contribution < 1.29 is 48.0 Å². The summed E-state index contributed by atoms with van der Waals surface area (Å²) >= 11 is 0. The SMILES string of the molecule is CC[C@@H]1OC(=O)[C@H](C)C(=O)[C@H](C)[C@@H](OC2O[C@H](C)C[C@H](N(C)C)[C@H]2O)[C@@](C)(OC)C[C@@H](C)C(=O)[C@@H](C)[C@H]2[C@@H]1OC(=O)N2CCCCn1cnc(-c2ccc(C)nc2)c1. The minimum atomic E-state index is -1.26. The average molecular weight is 812 g/mol. The monoisotopic (exact) mass is 811 g/mol. The van der Waals surface area contributed by atoms with Crippen molar-refractivity contribution in [2.45, 2.75) is 149 Å². The van der Waals surface area contributed by atoms with Gasteiger partial charge in [-0.2, -0.15) is 0 Å². The highest BCUT2D eigenvalue weighted by atomic mass is 16.7. The summed E-state index contributed by atoms with van der Waals surface area (Å²) in [7, 11) is 5.24. The van der Waals surface area contributed by atoms with E-state index >= 15 is 0 Å². The van der Waals surface area contributed by atoms with Gasteiger partial charge in [0.2, 0.25) is 0 Å². The first-order chi connectivity index (χ1) is 27.4. The van der Waals surface area contributed by atoms with Crippen LogP contribution in [-0.2, 0) is 44.6 Å². The summed E-state index contributed by atoms with van der Waals surface area (Å²) in [5, 5.41) is 11.4. The zero-order valence-electron chi connectivity index (χ0n) is 36.1. The number of carbonyl (C=O) groups is 4. The minimum Gasteiger partial charge on any atom is -0.458 e. The zero-order valence-corrected chi connectivity index (χ0v) is 36.1. The number of pyridine rings is 1. The van der Waals surface area contributed by atoms with Crippen LogP contribution >= 0.6 is 0 Å². The fourth-order valence-corrected chi connectivity index (χ4v) is 9.00. The lowest BCUT2D eigenvalue weighted by Gasteiger charge is -2.47. The summed E-state index contributed by atoms with van der Waals surface area (Å²) < 4.78 is 32.9. The van der Waals surface area contributed by atoms with E-state index in [0.717, 1.165) is 17.0 Å². The second-order valence-corrected chi connectivity index (χ2v) is 17.2. The quantitative estimate of drug-likeness (QED) is 0.186. The number of aliphatic hydroxyl groups is 1. The van der Waals surface area contributed by atoms with Gasteiger partial charge in [0.1, 0.15) is 23.9 Å². The highest BCUT2D eigenvalue weighted by Crippen LogP contribution is 2.39.